The molecule has 3 aromatic carbocycles. The number of rotatable bonds is 6. The van der Waals surface area contributed by atoms with Crippen molar-refractivity contribution in [2.45, 2.75) is 16.3 Å². The lowest BCUT2D eigenvalue weighted by molar-refractivity contribution is -0.133. The molecule has 0 radical (unpaired) electrons. The number of sulfonamides is 1. The van der Waals surface area contributed by atoms with Crippen molar-refractivity contribution >= 4 is 32.7 Å². The molecular formula is C25H19NO9S2. The predicted molar refractivity (Wildman–Crippen MR) is 131 cm³/mol. The molecule has 3 aliphatic rings. The first-order chi connectivity index (χ1) is 17.9. The summed E-state index contributed by atoms with van der Waals surface area (Å²) in [6.07, 6.45) is 0. The van der Waals surface area contributed by atoms with Crippen LogP contribution in [0.3, 0.4) is 0 Å². The highest BCUT2D eigenvalue weighted by molar-refractivity contribution is 8.08. The van der Waals surface area contributed by atoms with Gasteiger partial charge in [0.25, 0.3) is 10.0 Å². The molecule has 0 spiro atoms. The Balaban J connectivity index is 1.49. The number of carbonyl (C=O) groups is 1. The minimum absolute atomic E-state index is 0.00113. The Morgan fingerprint density at radius 2 is 1.76 bits per heavy atom. The first-order valence-corrected chi connectivity index (χ1v) is 13.3. The van der Waals surface area contributed by atoms with Crippen LogP contribution in [-0.2, 0) is 21.4 Å². The Kier molecular flexibility index (Phi) is 5.57. The van der Waals surface area contributed by atoms with Crippen molar-refractivity contribution in [3.8, 4) is 28.7 Å². The molecule has 6 rings (SSSR count). The van der Waals surface area contributed by atoms with Gasteiger partial charge in [0, 0.05) is 10.5 Å². The van der Waals surface area contributed by atoms with Crippen molar-refractivity contribution in [3.05, 3.63) is 71.4 Å². The summed E-state index contributed by atoms with van der Waals surface area (Å²) in [5.74, 6) is 0.890. The molecule has 10 nitrogen and oxygen atoms in total. The summed E-state index contributed by atoms with van der Waals surface area (Å²) in [4.78, 5) is 13.6. The zero-order valence-corrected chi connectivity index (χ0v) is 20.9. The third-order valence-corrected chi connectivity index (χ3v) is 8.89. The maximum absolute atomic E-state index is 13.8. The Labute approximate surface area is 216 Å². The SMILES string of the molecule is COc1cc(CN2C(C(=O)O)=C(Sc3ccc4c(c3)OCO4)c3ccccc3S2(=O)=O)cc2c1OCO2. The summed E-state index contributed by atoms with van der Waals surface area (Å²) < 4.78 is 55.5. The smallest absolute Gasteiger partial charge is 0.354 e. The fraction of sp³-hybridized carbons (Fsp3) is 0.160. The van der Waals surface area contributed by atoms with E-state index in [1.54, 1.807) is 48.5 Å². The number of hydrogen-bond donors (Lipinski definition) is 1. The Hall–Kier alpha value is -4.03. The van der Waals surface area contributed by atoms with Crippen LogP contribution in [-0.4, -0.2) is 44.5 Å². The highest BCUT2D eigenvalue weighted by atomic mass is 32.2. The molecule has 0 amide bonds. The van der Waals surface area contributed by atoms with E-state index in [2.05, 4.69) is 0 Å². The molecule has 0 aliphatic carbocycles. The van der Waals surface area contributed by atoms with E-state index < -0.39 is 16.0 Å². The molecule has 3 heterocycles. The third-order valence-electron chi connectivity index (χ3n) is 5.98. The minimum Gasteiger partial charge on any atom is -0.493 e. The van der Waals surface area contributed by atoms with E-state index in [9.17, 15) is 18.3 Å². The average molecular weight is 542 g/mol. The number of fused-ring (bicyclic) bond motifs is 3. The van der Waals surface area contributed by atoms with Crippen molar-refractivity contribution in [2.24, 2.45) is 0 Å². The summed E-state index contributed by atoms with van der Waals surface area (Å²) in [6.45, 7) is -0.169. The number of methoxy groups -OCH3 is 1. The van der Waals surface area contributed by atoms with Crippen molar-refractivity contribution in [1.29, 1.82) is 0 Å². The molecule has 190 valence electrons. The molecule has 12 heteroatoms. The summed E-state index contributed by atoms with van der Waals surface area (Å²) >= 11 is 1.14. The van der Waals surface area contributed by atoms with Crippen LogP contribution in [0.1, 0.15) is 11.1 Å². The van der Waals surface area contributed by atoms with Gasteiger partial charge in [-0.15, -0.1) is 0 Å². The van der Waals surface area contributed by atoms with E-state index >= 15 is 0 Å². The van der Waals surface area contributed by atoms with Gasteiger partial charge in [-0.2, -0.15) is 0 Å². The number of thioether (sulfide) groups is 1. The molecule has 0 atom stereocenters. The number of benzene rings is 3. The third kappa shape index (κ3) is 3.89. The van der Waals surface area contributed by atoms with E-state index in [0.717, 1.165) is 16.1 Å². The van der Waals surface area contributed by atoms with Crippen LogP contribution < -0.4 is 23.7 Å². The molecule has 0 bridgehead atoms. The van der Waals surface area contributed by atoms with Gasteiger partial charge in [-0.05, 0) is 42.0 Å². The molecule has 0 unspecified atom stereocenters. The van der Waals surface area contributed by atoms with Crippen LogP contribution in [0.5, 0.6) is 28.7 Å². The second-order valence-corrected chi connectivity index (χ2v) is 11.1. The summed E-state index contributed by atoms with van der Waals surface area (Å²) in [5, 5.41) is 10.3. The lowest BCUT2D eigenvalue weighted by Crippen LogP contribution is -2.37. The standard InChI is InChI=1S/C25H19NO9S2/c1-31-19-8-14(9-20-23(19)35-13-34-20)11-26-22(25(27)28)24(16-4-2-3-5-21(16)37(26,29)30)36-15-6-7-17-18(10-15)33-12-32-17/h2-10H,11-13H2,1H3,(H,27,28). The normalized spacial score (nSPS) is 16.5. The molecule has 0 saturated carbocycles. The number of aliphatic carboxylic acids is 1. The number of hydrogen-bond acceptors (Lipinski definition) is 9. The predicted octanol–water partition coefficient (Wildman–Crippen LogP) is 3.90. The minimum atomic E-state index is -4.22. The van der Waals surface area contributed by atoms with E-state index in [1.165, 1.54) is 13.2 Å². The van der Waals surface area contributed by atoms with Crippen LogP contribution in [0.4, 0.5) is 0 Å². The molecule has 3 aromatic rings. The van der Waals surface area contributed by atoms with Crippen LogP contribution in [0.2, 0.25) is 0 Å². The molecule has 0 fully saturated rings. The van der Waals surface area contributed by atoms with Crippen molar-refractivity contribution < 1.29 is 42.0 Å². The zero-order valence-electron chi connectivity index (χ0n) is 19.3. The molecule has 1 N–H and O–H groups in total. The van der Waals surface area contributed by atoms with Crippen molar-refractivity contribution in [1.82, 2.24) is 4.31 Å². The van der Waals surface area contributed by atoms with Gasteiger partial charge in [0.05, 0.1) is 23.5 Å². The van der Waals surface area contributed by atoms with E-state index in [1.807, 2.05) is 0 Å². The molecule has 0 aromatic heterocycles. The summed E-state index contributed by atoms with van der Waals surface area (Å²) in [7, 11) is -2.76. The number of carboxylic acids is 1. The maximum Gasteiger partial charge on any atom is 0.354 e. The monoisotopic (exact) mass is 541 g/mol. The van der Waals surface area contributed by atoms with E-state index in [4.69, 9.17) is 23.7 Å². The van der Waals surface area contributed by atoms with Crippen molar-refractivity contribution in [3.63, 3.8) is 0 Å². The Morgan fingerprint density at radius 1 is 1.00 bits per heavy atom. The van der Waals surface area contributed by atoms with Crippen LogP contribution >= 0.6 is 11.8 Å². The molecule has 0 saturated heterocycles. The summed E-state index contributed by atoms with van der Waals surface area (Å²) in [6, 6.07) is 14.8. The quantitative estimate of drug-likeness (QED) is 0.492. The largest absolute Gasteiger partial charge is 0.493 e. The van der Waals surface area contributed by atoms with Gasteiger partial charge < -0.3 is 28.8 Å². The topological polar surface area (TPSA) is 121 Å². The second-order valence-electron chi connectivity index (χ2n) is 8.14. The molecule has 3 aliphatic heterocycles. The van der Waals surface area contributed by atoms with Gasteiger partial charge in [0.1, 0.15) is 0 Å². The highest BCUT2D eigenvalue weighted by Gasteiger charge is 2.40. The number of carboxylic acid groups (broad SMARTS) is 1. The zero-order chi connectivity index (χ0) is 25.7. The van der Waals surface area contributed by atoms with Gasteiger partial charge >= 0.3 is 5.97 Å². The Morgan fingerprint density at radius 3 is 2.57 bits per heavy atom. The first kappa shape index (κ1) is 23.4. The second kappa shape index (κ2) is 8.82. The van der Waals surface area contributed by atoms with Gasteiger partial charge in [-0.25, -0.2) is 13.2 Å². The Bertz CT molecular complexity index is 1580. The van der Waals surface area contributed by atoms with Crippen LogP contribution in [0.25, 0.3) is 4.91 Å². The number of ether oxygens (including phenoxy) is 5. The number of nitrogens with zero attached hydrogens (tertiary/aromatic N) is 1. The molecule has 37 heavy (non-hydrogen) atoms. The maximum atomic E-state index is 13.8. The van der Waals surface area contributed by atoms with Crippen LogP contribution in [0, 0.1) is 0 Å². The van der Waals surface area contributed by atoms with Gasteiger partial charge in [-0.1, -0.05) is 30.0 Å². The molecular weight excluding hydrogens is 522 g/mol. The highest BCUT2D eigenvalue weighted by Crippen LogP contribution is 2.48. The van der Waals surface area contributed by atoms with Crippen LogP contribution in [0.15, 0.2) is 70.1 Å². The van der Waals surface area contributed by atoms with Gasteiger partial charge in [0.15, 0.2) is 28.7 Å². The van der Waals surface area contributed by atoms with Gasteiger partial charge in [-0.3, -0.25) is 4.31 Å². The van der Waals surface area contributed by atoms with Gasteiger partial charge in [0.2, 0.25) is 19.3 Å². The average Bonchev–Trinajstić information content (AvgIpc) is 3.55. The fourth-order valence-corrected chi connectivity index (χ4v) is 7.24. The first-order valence-electron chi connectivity index (χ1n) is 11.0. The van der Waals surface area contributed by atoms with E-state index in [-0.39, 0.29) is 35.6 Å². The lowest BCUT2D eigenvalue weighted by atomic mass is 10.1. The fourth-order valence-electron chi connectivity index (χ4n) is 4.33. The van der Waals surface area contributed by atoms with E-state index in [0.29, 0.717) is 44.8 Å². The van der Waals surface area contributed by atoms with Crippen molar-refractivity contribution in [2.75, 3.05) is 20.7 Å². The lowest BCUT2D eigenvalue weighted by Gasteiger charge is -2.32. The summed E-state index contributed by atoms with van der Waals surface area (Å²) in [5.41, 5.74) is 0.412.